The number of hydrogen-bond donors (Lipinski definition) is 2. The number of amides is 1. The summed E-state index contributed by atoms with van der Waals surface area (Å²) >= 11 is 0. The minimum Gasteiger partial charge on any atom is -0.504 e. The Kier molecular flexibility index (Phi) is 4.17. The lowest BCUT2D eigenvalue weighted by Crippen LogP contribution is -2.29. The zero-order chi connectivity index (χ0) is 12.1. The Morgan fingerprint density at radius 1 is 1.31 bits per heavy atom. The number of carbonyl (C=O) groups is 1. The molecule has 0 bridgehead atoms. The fourth-order valence-corrected chi connectivity index (χ4v) is 1.46. The number of phenolic OH excluding ortho intramolecular Hbond substituents is 2. The van der Waals surface area contributed by atoms with Crippen molar-refractivity contribution in [2.75, 3.05) is 11.4 Å². The van der Waals surface area contributed by atoms with Gasteiger partial charge in [-0.1, -0.05) is 13.3 Å². The van der Waals surface area contributed by atoms with E-state index in [-0.39, 0.29) is 17.4 Å². The minimum atomic E-state index is -0.208. The van der Waals surface area contributed by atoms with E-state index in [9.17, 15) is 15.0 Å². The summed E-state index contributed by atoms with van der Waals surface area (Å²) in [6.45, 7) is 4.15. The van der Waals surface area contributed by atoms with Gasteiger partial charge < -0.3 is 15.1 Å². The molecule has 16 heavy (non-hydrogen) atoms. The molecule has 0 saturated carbocycles. The van der Waals surface area contributed by atoms with E-state index in [2.05, 4.69) is 0 Å². The molecule has 2 N–H and O–H groups in total. The molecule has 0 heterocycles. The zero-order valence-corrected chi connectivity index (χ0v) is 9.60. The Hall–Kier alpha value is -1.71. The van der Waals surface area contributed by atoms with E-state index in [0.29, 0.717) is 12.2 Å². The van der Waals surface area contributed by atoms with Gasteiger partial charge in [0.1, 0.15) is 0 Å². The first-order valence-electron chi connectivity index (χ1n) is 5.36. The molecule has 0 aliphatic carbocycles. The normalized spacial score (nSPS) is 10.1. The van der Waals surface area contributed by atoms with E-state index in [1.165, 1.54) is 19.1 Å². The van der Waals surface area contributed by atoms with E-state index in [1.807, 2.05) is 6.92 Å². The highest BCUT2D eigenvalue weighted by atomic mass is 16.3. The second kappa shape index (κ2) is 5.39. The molecule has 0 aliphatic heterocycles. The highest BCUT2D eigenvalue weighted by Crippen LogP contribution is 2.29. The summed E-state index contributed by atoms with van der Waals surface area (Å²) in [6.07, 6.45) is 1.90. The largest absolute Gasteiger partial charge is 0.504 e. The van der Waals surface area contributed by atoms with Gasteiger partial charge in [-0.25, -0.2) is 0 Å². The van der Waals surface area contributed by atoms with Crippen molar-refractivity contribution in [3.63, 3.8) is 0 Å². The lowest BCUT2D eigenvalue weighted by molar-refractivity contribution is -0.116. The number of phenols is 2. The van der Waals surface area contributed by atoms with Crippen LogP contribution in [0.5, 0.6) is 11.5 Å². The van der Waals surface area contributed by atoms with Crippen molar-refractivity contribution in [3.8, 4) is 11.5 Å². The van der Waals surface area contributed by atoms with Crippen LogP contribution in [0, 0.1) is 0 Å². The van der Waals surface area contributed by atoms with Crippen LogP contribution in [0.1, 0.15) is 26.7 Å². The Morgan fingerprint density at radius 2 is 2.00 bits per heavy atom. The SMILES string of the molecule is CCCCN(C(C)=O)c1ccc(O)c(O)c1. The first kappa shape index (κ1) is 12.4. The molecule has 0 spiro atoms. The van der Waals surface area contributed by atoms with Gasteiger partial charge in [0.25, 0.3) is 0 Å². The van der Waals surface area contributed by atoms with Gasteiger partial charge in [-0.05, 0) is 18.6 Å². The third-order valence-electron chi connectivity index (χ3n) is 2.39. The van der Waals surface area contributed by atoms with Gasteiger partial charge in [-0.15, -0.1) is 0 Å². The maximum absolute atomic E-state index is 11.4. The van der Waals surface area contributed by atoms with Crippen molar-refractivity contribution in [3.05, 3.63) is 18.2 Å². The number of carbonyl (C=O) groups excluding carboxylic acids is 1. The quantitative estimate of drug-likeness (QED) is 0.769. The highest BCUT2D eigenvalue weighted by molar-refractivity contribution is 5.91. The van der Waals surface area contributed by atoms with E-state index < -0.39 is 0 Å². The molecule has 0 atom stereocenters. The van der Waals surface area contributed by atoms with Crippen molar-refractivity contribution in [1.29, 1.82) is 0 Å². The molecular weight excluding hydrogens is 206 g/mol. The Morgan fingerprint density at radius 3 is 2.50 bits per heavy atom. The molecule has 88 valence electrons. The van der Waals surface area contributed by atoms with Crippen LogP contribution in [0.2, 0.25) is 0 Å². The van der Waals surface area contributed by atoms with Gasteiger partial charge in [-0.3, -0.25) is 4.79 Å². The summed E-state index contributed by atoms with van der Waals surface area (Å²) in [5.74, 6) is -0.457. The van der Waals surface area contributed by atoms with E-state index in [1.54, 1.807) is 11.0 Å². The molecule has 4 nitrogen and oxygen atoms in total. The van der Waals surface area contributed by atoms with Crippen LogP contribution in [0.25, 0.3) is 0 Å². The predicted molar refractivity (Wildman–Crippen MR) is 62.7 cm³/mol. The zero-order valence-electron chi connectivity index (χ0n) is 9.60. The topological polar surface area (TPSA) is 60.8 Å². The monoisotopic (exact) mass is 223 g/mol. The molecule has 0 saturated heterocycles. The summed E-state index contributed by atoms with van der Waals surface area (Å²) in [4.78, 5) is 13.0. The van der Waals surface area contributed by atoms with E-state index >= 15 is 0 Å². The van der Waals surface area contributed by atoms with E-state index in [0.717, 1.165) is 12.8 Å². The summed E-state index contributed by atoms with van der Waals surface area (Å²) in [5.41, 5.74) is 0.608. The number of rotatable bonds is 4. The standard InChI is InChI=1S/C12H17NO3/c1-3-4-7-13(9(2)14)10-5-6-11(15)12(16)8-10/h5-6,8,15-16H,3-4,7H2,1-2H3. The molecule has 1 amide bonds. The average molecular weight is 223 g/mol. The van der Waals surface area contributed by atoms with Crippen LogP contribution < -0.4 is 4.90 Å². The first-order valence-corrected chi connectivity index (χ1v) is 5.36. The van der Waals surface area contributed by atoms with Crippen LogP contribution in [0.3, 0.4) is 0 Å². The lowest BCUT2D eigenvalue weighted by atomic mass is 10.2. The molecular formula is C12H17NO3. The van der Waals surface area contributed by atoms with Crippen LogP contribution in [0.15, 0.2) is 18.2 Å². The number of nitrogens with zero attached hydrogens (tertiary/aromatic N) is 1. The van der Waals surface area contributed by atoms with Crippen LogP contribution >= 0.6 is 0 Å². The molecule has 0 fully saturated rings. The predicted octanol–water partition coefficient (Wildman–Crippen LogP) is 2.25. The van der Waals surface area contributed by atoms with Gasteiger partial charge in [0.05, 0.1) is 0 Å². The minimum absolute atomic E-state index is 0.0708. The Balaban J connectivity index is 2.92. The maximum Gasteiger partial charge on any atom is 0.223 e. The summed E-state index contributed by atoms with van der Waals surface area (Å²) in [7, 11) is 0. The number of aromatic hydroxyl groups is 2. The third-order valence-corrected chi connectivity index (χ3v) is 2.39. The second-order valence-electron chi connectivity index (χ2n) is 3.70. The smallest absolute Gasteiger partial charge is 0.223 e. The van der Waals surface area contributed by atoms with Crippen LogP contribution in [0.4, 0.5) is 5.69 Å². The molecule has 1 aromatic rings. The first-order chi connectivity index (χ1) is 7.56. The second-order valence-corrected chi connectivity index (χ2v) is 3.70. The number of hydrogen-bond acceptors (Lipinski definition) is 3. The van der Waals surface area contributed by atoms with Crippen molar-refractivity contribution < 1.29 is 15.0 Å². The van der Waals surface area contributed by atoms with Crippen molar-refractivity contribution in [1.82, 2.24) is 0 Å². The molecule has 0 unspecified atom stereocenters. The van der Waals surface area contributed by atoms with E-state index in [4.69, 9.17) is 0 Å². The van der Waals surface area contributed by atoms with Gasteiger partial charge in [-0.2, -0.15) is 0 Å². The van der Waals surface area contributed by atoms with Gasteiger partial charge >= 0.3 is 0 Å². The van der Waals surface area contributed by atoms with Gasteiger partial charge in [0, 0.05) is 25.2 Å². The third kappa shape index (κ3) is 2.89. The van der Waals surface area contributed by atoms with Gasteiger partial charge in [0.15, 0.2) is 11.5 Å². The lowest BCUT2D eigenvalue weighted by Gasteiger charge is -2.21. The fraction of sp³-hybridized carbons (Fsp3) is 0.417. The van der Waals surface area contributed by atoms with Crippen molar-refractivity contribution in [2.24, 2.45) is 0 Å². The number of benzene rings is 1. The Bertz CT molecular complexity index is 377. The van der Waals surface area contributed by atoms with Crippen LogP contribution in [-0.2, 0) is 4.79 Å². The molecule has 0 radical (unpaired) electrons. The Labute approximate surface area is 95.1 Å². The van der Waals surface area contributed by atoms with Crippen molar-refractivity contribution in [2.45, 2.75) is 26.7 Å². The summed E-state index contributed by atoms with van der Waals surface area (Å²) in [6, 6.07) is 4.39. The number of unbranched alkanes of at least 4 members (excludes halogenated alkanes) is 1. The summed E-state index contributed by atoms with van der Waals surface area (Å²) in [5, 5.41) is 18.6. The summed E-state index contributed by atoms with van der Waals surface area (Å²) < 4.78 is 0. The average Bonchev–Trinajstić information content (AvgIpc) is 2.23. The van der Waals surface area contributed by atoms with Crippen LogP contribution in [-0.4, -0.2) is 22.7 Å². The van der Waals surface area contributed by atoms with Crippen molar-refractivity contribution >= 4 is 11.6 Å². The molecule has 0 aromatic heterocycles. The maximum atomic E-state index is 11.4. The molecule has 1 aromatic carbocycles. The fourth-order valence-electron chi connectivity index (χ4n) is 1.46. The molecule has 1 rings (SSSR count). The highest BCUT2D eigenvalue weighted by Gasteiger charge is 2.12. The number of anilines is 1. The molecule has 4 heteroatoms. The molecule has 0 aliphatic rings. The van der Waals surface area contributed by atoms with Gasteiger partial charge in [0.2, 0.25) is 5.91 Å².